The number of hydrogen-bond acceptors (Lipinski definition) is 4. The van der Waals surface area contributed by atoms with E-state index < -0.39 is 6.10 Å². The lowest BCUT2D eigenvalue weighted by atomic mass is 10.3. The molecule has 0 bridgehead atoms. The summed E-state index contributed by atoms with van der Waals surface area (Å²) in [5.74, 6) is 0. The summed E-state index contributed by atoms with van der Waals surface area (Å²) in [5, 5.41) is 13.9. The number of thiazole rings is 1. The van der Waals surface area contributed by atoms with Crippen LogP contribution in [0.5, 0.6) is 0 Å². The van der Waals surface area contributed by atoms with Gasteiger partial charge in [0, 0.05) is 16.3 Å². The molecule has 1 unspecified atom stereocenters. The summed E-state index contributed by atoms with van der Waals surface area (Å²) in [4.78, 5) is 4.31. The van der Waals surface area contributed by atoms with Crippen molar-refractivity contribution in [1.29, 1.82) is 0 Å². The van der Waals surface area contributed by atoms with Gasteiger partial charge in [0.2, 0.25) is 0 Å². The molecule has 14 heavy (non-hydrogen) atoms. The van der Waals surface area contributed by atoms with E-state index in [4.69, 9.17) is 11.6 Å². The van der Waals surface area contributed by atoms with E-state index in [0.717, 1.165) is 20.6 Å². The summed E-state index contributed by atoms with van der Waals surface area (Å²) in [6.07, 6.45) is -0.497. The third-order valence-corrected chi connectivity index (χ3v) is 3.85. The molecule has 0 fully saturated rings. The average Bonchev–Trinajstić information content (AvgIpc) is 2.70. The summed E-state index contributed by atoms with van der Waals surface area (Å²) in [7, 11) is 0. The highest BCUT2D eigenvalue weighted by atomic mass is 35.5. The summed E-state index contributed by atoms with van der Waals surface area (Å²) in [6, 6.07) is 1.88. The van der Waals surface area contributed by atoms with Crippen molar-refractivity contribution in [2.45, 2.75) is 13.0 Å². The molecule has 2 aromatic heterocycles. The third-order valence-electron chi connectivity index (χ3n) is 1.74. The Bertz CT molecular complexity index is 435. The minimum atomic E-state index is -0.497. The van der Waals surface area contributed by atoms with Crippen molar-refractivity contribution < 1.29 is 5.11 Å². The zero-order valence-corrected chi connectivity index (χ0v) is 9.79. The van der Waals surface area contributed by atoms with Gasteiger partial charge in [0.1, 0.15) is 11.1 Å². The number of aliphatic hydroxyl groups is 1. The van der Waals surface area contributed by atoms with Crippen LogP contribution in [-0.4, -0.2) is 10.1 Å². The van der Waals surface area contributed by atoms with Crippen molar-refractivity contribution in [3.05, 3.63) is 26.2 Å². The van der Waals surface area contributed by atoms with Gasteiger partial charge in [-0.3, -0.25) is 0 Å². The molecule has 0 spiro atoms. The second-order valence-corrected chi connectivity index (χ2v) is 5.32. The fourth-order valence-electron chi connectivity index (χ4n) is 1.06. The van der Waals surface area contributed by atoms with E-state index in [1.807, 2.05) is 16.8 Å². The second-order valence-electron chi connectivity index (χ2n) is 2.89. The van der Waals surface area contributed by atoms with Crippen molar-refractivity contribution in [2.75, 3.05) is 0 Å². The third kappa shape index (κ3) is 1.98. The first-order valence-corrected chi connectivity index (χ1v) is 6.18. The number of hydrogen-bond donors (Lipinski definition) is 1. The van der Waals surface area contributed by atoms with Crippen LogP contribution in [0.25, 0.3) is 11.3 Å². The van der Waals surface area contributed by atoms with Crippen LogP contribution in [-0.2, 0) is 0 Å². The topological polar surface area (TPSA) is 33.1 Å². The SMILES string of the molecule is CC(O)c1nc(-c2csc(Cl)c2)cs1. The van der Waals surface area contributed by atoms with Gasteiger partial charge in [-0.1, -0.05) is 11.6 Å². The van der Waals surface area contributed by atoms with Crippen molar-refractivity contribution in [1.82, 2.24) is 4.98 Å². The van der Waals surface area contributed by atoms with Crippen LogP contribution in [0.3, 0.4) is 0 Å². The molecule has 0 aliphatic rings. The lowest BCUT2D eigenvalue weighted by molar-refractivity contribution is 0.199. The molecule has 0 aromatic carbocycles. The molecule has 1 N–H and O–H groups in total. The summed E-state index contributed by atoms with van der Waals surface area (Å²) in [5.41, 5.74) is 1.90. The highest BCUT2D eigenvalue weighted by Gasteiger charge is 2.09. The zero-order valence-electron chi connectivity index (χ0n) is 7.40. The maximum Gasteiger partial charge on any atom is 0.122 e. The smallest absolute Gasteiger partial charge is 0.122 e. The predicted molar refractivity (Wildman–Crippen MR) is 61.1 cm³/mol. The van der Waals surface area contributed by atoms with E-state index >= 15 is 0 Å². The van der Waals surface area contributed by atoms with Crippen LogP contribution in [0.2, 0.25) is 4.34 Å². The molecule has 0 saturated carbocycles. The van der Waals surface area contributed by atoms with Crippen molar-refractivity contribution in [3.63, 3.8) is 0 Å². The van der Waals surface area contributed by atoms with Gasteiger partial charge in [0.05, 0.1) is 10.0 Å². The maximum absolute atomic E-state index is 9.31. The standard InChI is InChI=1S/C9H8ClNOS2/c1-5(12)9-11-7(4-14-9)6-2-8(10)13-3-6/h2-5,12H,1H3. The van der Waals surface area contributed by atoms with Crippen LogP contribution in [0, 0.1) is 0 Å². The molecule has 0 radical (unpaired) electrons. The number of aliphatic hydroxyl groups excluding tert-OH is 1. The first-order chi connectivity index (χ1) is 6.66. The van der Waals surface area contributed by atoms with Gasteiger partial charge < -0.3 is 5.11 Å². The maximum atomic E-state index is 9.31. The Morgan fingerprint density at radius 1 is 1.43 bits per heavy atom. The van der Waals surface area contributed by atoms with Crippen LogP contribution < -0.4 is 0 Å². The normalized spacial score (nSPS) is 13.1. The van der Waals surface area contributed by atoms with Crippen LogP contribution in [0.15, 0.2) is 16.8 Å². The molecule has 2 aromatic rings. The Morgan fingerprint density at radius 3 is 2.71 bits per heavy atom. The number of nitrogens with zero attached hydrogens (tertiary/aromatic N) is 1. The number of rotatable bonds is 2. The fraction of sp³-hybridized carbons (Fsp3) is 0.222. The first kappa shape index (κ1) is 10.1. The van der Waals surface area contributed by atoms with Gasteiger partial charge in [-0.2, -0.15) is 0 Å². The molecule has 0 saturated heterocycles. The fourth-order valence-corrected chi connectivity index (χ4v) is 2.70. The predicted octanol–water partition coefficient (Wildman–Crippen LogP) is 3.58. The molecule has 1 atom stereocenters. The van der Waals surface area contributed by atoms with Crippen LogP contribution in [0.1, 0.15) is 18.0 Å². The van der Waals surface area contributed by atoms with E-state index in [9.17, 15) is 5.11 Å². The Hall–Kier alpha value is -0.420. The number of halogens is 1. The molecule has 2 heterocycles. The quantitative estimate of drug-likeness (QED) is 0.877. The van der Waals surface area contributed by atoms with Gasteiger partial charge in [-0.15, -0.1) is 22.7 Å². The molecule has 0 aliphatic heterocycles. The highest BCUT2D eigenvalue weighted by Crippen LogP contribution is 2.30. The Balaban J connectivity index is 2.33. The molecular weight excluding hydrogens is 238 g/mol. The average molecular weight is 246 g/mol. The van der Waals surface area contributed by atoms with Gasteiger partial charge in [0.15, 0.2) is 0 Å². The molecule has 0 amide bonds. The van der Waals surface area contributed by atoms with E-state index in [1.165, 1.54) is 22.7 Å². The van der Waals surface area contributed by atoms with Crippen molar-refractivity contribution in [2.24, 2.45) is 0 Å². The van der Waals surface area contributed by atoms with Gasteiger partial charge in [0.25, 0.3) is 0 Å². The minimum absolute atomic E-state index is 0.497. The van der Waals surface area contributed by atoms with Gasteiger partial charge in [-0.05, 0) is 13.0 Å². The Morgan fingerprint density at radius 2 is 2.21 bits per heavy atom. The van der Waals surface area contributed by atoms with Gasteiger partial charge in [-0.25, -0.2) is 4.98 Å². The molecule has 2 rings (SSSR count). The van der Waals surface area contributed by atoms with E-state index in [2.05, 4.69) is 4.98 Å². The monoisotopic (exact) mass is 245 g/mol. The highest BCUT2D eigenvalue weighted by molar-refractivity contribution is 7.14. The van der Waals surface area contributed by atoms with Gasteiger partial charge >= 0.3 is 0 Å². The van der Waals surface area contributed by atoms with Crippen molar-refractivity contribution >= 4 is 34.3 Å². The lowest BCUT2D eigenvalue weighted by Crippen LogP contribution is -1.88. The second kappa shape index (κ2) is 3.98. The van der Waals surface area contributed by atoms with E-state index in [0.29, 0.717) is 0 Å². The summed E-state index contributed by atoms with van der Waals surface area (Å²) >= 11 is 8.77. The molecule has 2 nitrogen and oxygen atoms in total. The lowest BCUT2D eigenvalue weighted by Gasteiger charge is -1.95. The van der Waals surface area contributed by atoms with Crippen LogP contribution >= 0.6 is 34.3 Å². The Kier molecular flexibility index (Phi) is 2.88. The summed E-state index contributed by atoms with van der Waals surface area (Å²) in [6.45, 7) is 1.71. The number of thiophene rings is 1. The molecular formula is C9H8ClNOS2. The molecule has 74 valence electrons. The largest absolute Gasteiger partial charge is 0.386 e. The van der Waals surface area contributed by atoms with Crippen LogP contribution in [0.4, 0.5) is 0 Å². The first-order valence-electron chi connectivity index (χ1n) is 4.04. The number of aromatic nitrogens is 1. The molecule has 5 heteroatoms. The Labute approximate surface area is 94.8 Å². The van der Waals surface area contributed by atoms with E-state index in [1.54, 1.807) is 6.92 Å². The van der Waals surface area contributed by atoms with Crippen molar-refractivity contribution in [3.8, 4) is 11.3 Å². The zero-order chi connectivity index (χ0) is 10.1. The summed E-state index contributed by atoms with van der Waals surface area (Å²) < 4.78 is 0.756. The molecule has 0 aliphatic carbocycles. The minimum Gasteiger partial charge on any atom is -0.386 e. The van der Waals surface area contributed by atoms with E-state index in [-0.39, 0.29) is 0 Å².